The average molecular weight is 333 g/mol. The molecule has 0 radical (unpaired) electrons. The summed E-state index contributed by atoms with van der Waals surface area (Å²) in [5, 5.41) is 14.7. The normalized spacial score (nSPS) is 9.79. The zero-order chi connectivity index (χ0) is 17.8. The number of carboxylic acids is 1. The molecule has 0 spiro atoms. The monoisotopic (exact) mass is 333 g/mol. The standard InChI is InChI=1S/C11H13NO4.C6H10N2/c13-10(14)6-7-12-11(15)16-8-9-4-2-1-3-5-9;1-6(2)8-5-3-4-7-8/h1-5H,6-8H2,(H,12,15)(H,13,14);3-6H,1-2H3. The number of carbonyl (C=O) groups is 2. The van der Waals surface area contributed by atoms with Crippen LogP contribution in [0.1, 0.15) is 31.9 Å². The van der Waals surface area contributed by atoms with Crippen molar-refractivity contribution in [2.45, 2.75) is 32.9 Å². The SMILES string of the molecule is CC(C)n1cccn1.O=C(O)CCNC(=O)OCc1ccccc1. The molecule has 1 aromatic carbocycles. The molecule has 7 heteroatoms. The van der Waals surface area contributed by atoms with E-state index >= 15 is 0 Å². The van der Waals surface area contributed by atoms with E-state index in [-0.39, 0.29) is 19.6 Å². The molecule has 130 valence electrons. The van der Waals surface area contributed by atoms with Crippen LogP contribution in [-0.2, 0) is 16.1 Å². The van der Waals surface area contributed by atoms with Crippen molar-refractivity contribution >= 4 is 12.1 Å². The number of nitrogens with zero attached hydrogens (tertiary/aromatic N) is 2. The highest BCUT2D eigenvalue weighted by atomic mass is 16.5. The first-order chi connectivity index (χ1) is 11.5. The first-order valence-electron chi connectivity index (χ1n) is 7.64. The summed E-state index contributed by atoms with van der Waals surface area (Å²) in [6, 6.07) is 11.7. The number of hydrogen-bond acceptors (Lipinski definition) is 4. The minimum absolute atomic E-state index is 0.0724. The molecule has 1 amide bonds. The van der Waals surface area contributed by atoms with Crippen LogP contribution in [0.25, 0.3) is 0 Å². The molecule has 0 saturated carbocycles. The van der Waals surface area contributed by atoms with Crippen LogP contribution < -0.4 is 5.32 Å². The summed E-state index contributed by atoms with van der Waals surface area (Å²) >= 11 is 0. The van der Waals surface area contributed by atoms with Crippen LogP contribution >= 0.6 is 0 Å². The highest BCUT2D eigenvalue weighted by Gasteiger charge is 2.03. The zero-order valence-electron chi connectivity index (χ0n) is 13.9. The molecule has 0 unspecified atom stereocenters. The van der Waals surface area contributed by atoms with E-state index in [4.69, 9.17) is 9.84 Å². The average Bonchev–Trinajstić information content (AvgIpc) is 3.09. The van der Waals surface area contributed by atoms with Gasteiger partial charge in [-0.1, -0.05) is 30.3 Å². The highest BCUT2D eigenvalue weighted by Crippen LogP contribution is 2.00. The molecule has 2 aromatic rings. The van der Waals surface area contributed by atoms with E-state index in [1.807, 2.05) is 47.3 Å². The van der Waals surface area contributed by atoms with Gasteiger partial charge in [0.25, 0.3) is 0 Å². The fraction of sp³-hybridized carbons (Fsp3) is 0.353. The molecule has 0 aliphatic rings. The van der Waals surface area contributed by atoms with Gasteiger partial charge < -0.3 is 15.2 Å². The molecule has 7 nitrogen and oxygen atoms in total. The number of ether oxygens (including phenoxy) is 1. The van der Waals surface area contributed by atoms with Crippen LogP contribution in [0.4, 0.5) is 4.79 Å². The molecule has 2 rings (SSSR count). The van der Waals surface area contributed by atoms with Gasteiger partial charge in [-0.3, -0.25) is 9.48 Å². The van der Waals surface area contributed by atoms with Crippen LogP contribution in [0, 0.1) is 0 Å². The second-order valence-electron chi connectivity index (χ2n) is 5.21. The number of nitrogens with one attached hydrogen (secondary N) is 1. The van der Waals surface area contributed by atoms with E-state index < -0.39 is 12.1 Å². The van der Waals surface area contributed by atoms with Crippen LogP contribution in [-0.4, -0.2) is 33.5 Å². The Labute approximate surface area is 141 Å². The highest BCUT2D eigenvalue weighted by molar-refractivity contribution is 5.70. The Hall–Kier alpha value is -2.83. The molecule has 0 atom stereocenters. The van der Waals surface area contributed by atoms with Crippen LogP contribution in [0.2, 0.25) is 0 Å². The van der Waals surface area contributed by atoms with E-state index in [1.54, 1.807) is 6.20 Å². The topological polar surface area (TPSA) is 93.5 Å². The van der Waals surface area contributed by atoms with Crippen molar-refractivity contribution in [2.75, 3.05) is 6.54 Å². The number of carbonyl (C=O) groups excluding carboxylic acids is 1. The van der Waals surface area contributed by atoms with Gasteiger partial charge in [-0.05, 0) is 25.5 Å². The lowest BCUT2D eigenvalue weighted by atomic mass is 10.2. The maximum atomic E-state index is 11.1. The van der Waals surface area contributed by atoms with Gasteiger partial charge in [0.15, 0.2) is 0 Å². The molecule has 1 heterocycles. The molecule has 0 bridgehead atoms. The van der Waals surface area contributed by atoms with E-state index in [9.17, 15) is 9.59 Å². The molecule has 1 aromatic heterocycles. The Morgan fingerprint density at radius 1 is 1.25 bits per heavy atom. The third-order valence-electron chi connectivity index (χ3n) is 2.87. The smallest absolute Gasteiger partial charge is 0.407 e. The molecule has 24 heavy (non-hydrogen) atoms. The van der Waals surface area contributed by atoms with Crippen LogP contribution in [0.3, 0.4) is 0 Å². The molecule has 2 N–H and O–H groups in total. The minimum atomic E-state index is -0.955. The second-order valence-corrected chi connectivity index (χ2v) is 5.21. The van der Waals surface area contributed by atoms with Gasteiger partial charge in [0, 0.05) is 25.0 Å². The van der Waals surface area contributed by atoms with Crippen molar-refractivity contribution in [3.63, 3.8) is 0 Å². The van der Waals surface area contributed by atoms with E-state index in [0.29, 0.717) is 6.04 Å². The fourth-order valence-electron chi connectivity index (χ4n) is 1.63. The van der Waals surface area contributed by atoms with Gasteiger partial charge in [-0.25, -0.2) is 4.79 Å². The third-order valence-corrected chi connectivity index (χ3v) is 2.87. The van der Waals surface area contributed by atoms with Crippen molar-refractivity contribution in [1.29, 1.82) is 0 Å². The summed E-state index contributed by atoms with van der Waals surface area (Å²) in [4.78, 5) is 21.2. The summed E-state index contributed by atoms with van der Waals surface area (Å²) in [6.07, 6.45) is 3.04. The Morgan fingerprint density at radius 3 is 2.46 bits per heavy atom. The summed E-state index contributed by atoms with van der Waals surface area (Å²) in [7, 11) is 0. The van der Waals surface area contributed by atoms with E-state index in [1.165, 1.54) is 0 Å². The lowest BCUT2D eigenvalue weighted by molar-refractivity contribution is -0.136. The predicted molar refractivity (Wildman–Crippen MR) is 89.5 cm³/mol. The Morgan fingerprint density at radius 2 is 1.96 bits per heavy atom. The predicted octanol–water partition coefficient (Wildman–Crippen LogP) is 2.85. The largest absolute Gasteiger partial charge is 0.481 e. The Bertz CT molecular complexity index is 598. The molecular weight excluding hydrogens is 310 g/mol. The second kappa shape index (κ2) is 10.8. The van der Waals surface area contributed by atoms with Crippen molar-refractivity contribution in [2.24, 2.45) is 0 Å². The molecule has 0 saturated heterocycles. The van der Waals surface area contributed by atoms with Gasteiger partial charge in [-0.15, -0.1) is 0 Å². The summed E-state index contributed by atoms with van der Waals surface area (Å²) in [5.74, 6) is -0.955. The van der Waals surface area contributed by atoms with Crippen molar-refractivity contribution in [3.8, 4) is 0 Å². The van der Waals surface area contributed by atoms with Gasteiger partial charge >= 0.3 is 12.1 Å². The van der Waals surface area contributed by atoms with Crippen LogP contribution in [0.5, 0.6) is 0 Å². The fourth-order valence-corrected chi connectivity index (χ4v) is 1.63. The van der Waals surface area contributed by atoms with E-state index in [0.717, 1.165) is 5.56 Å². The van der Waals surface area contributed by atoms with Crippen molar-refractivity contribution < 1.29 is 19.4 Å². The first kappa shape index (κ1) is 19.2. The number of carboxylic acid groups (broad SMARTS) is 1. The number of benzene rings is 1. The Kier molecular flexibility index (Phi) is 8.67. The quantitative estimate of drug-likeness (QED) is 0.848. The summed E-state index contributed by atoms with van der Waals surface area (Å²) in [6.45, 7) is 4.46. The molecule has 0 aliphatic carbocycles. The Balaban J connectivity index is 0.000000300. The van der Waals surface area contributed by atoms with Crippen molar-refractivity contribution in [3.05, 3.63) is 54.4 Å². The lowest BCUT2D eigenvalue weighted by Gasteiger charge is -2.05. The lowest BCUT2D eigenvalue weighted by Crippen LogP contribution is -2.26. The third kappa shape index (κ3) is 8.57. The number of aliphatic carboxylic acids is 1. The maximum absolute atomic E-state index is 11.1. The maximum Gasteiger partial charge on any atom is 0.407 e. The number of aromatic nitrogens is 2. The van der Waals surface area contributed by atoms with E-state index in [2.05, 4.69) is 24.3 Å². The van der Waals surface area contributed by atoms with Gasteiger partial charge in [0.05, 0.1) is 6.42 Å². The van der Waals surface area contributed by atoms with Crippen molar-refractivity contribution in [1.82, 2.24) is 15.1 Å². The van der Waals surface area contributed by atoms with Gasteiger partial charge in [0.1, 0.15) is 6.61 Å². The first-order valence-corrected chi connectivity index (χ1v) is 7.64. The minimum Gasteiger partial charge on any atom is -0.481 e. The van der Waals surface area contributed by atoms with Gasteiger partial charge in [-0.2, -0.15) is 5.10 Å². The van der Waals surface area contributed by atoms with Gasteiger partial charge in [0.2, 0.25) is 0 Å². The number of alkyl carbamates (subject to hydrolysis) is 1. The number of rotatable bonds is 6. The van der Waals surface area contributed by atoms with Crippen LogP contribution in [0.15, 0.2) is 48.8 Å². The number of hydrogen-bond donors (Lipinski definition) is 2. The summed E-state index contributed by atoms with van der Waals surface area (Å²) in [5.41, 5.74) is 0.885. The molecule has 0 fully saturated rings. The molecule has 0 aliphatic heterocycles. The zero-order valence-corrected chi connectivity index (χ0v) is 13.9. The summed E-state index contributed by atoms with van der Waals surface area (Å²) < 4.78 is 6.78. The molecular formula is C17H23N3O4. The number of amides is 1.